The zero-order valence-corrected chi connectivity index (χ0v) is 15.0. The predicted molar refractivity (Wildman–Crippen MR) is 101 cm³/mol. The second-order valence-electron chi connectivity index (χ2n) is 6.26. The highest BCUT2D eigenvalue weighted by atomic mass is 32.1. The molecule has 0 amide bonds. The van der Waals surface area contributed by atoms with Crippen molar-refractivity contribution in [2.45, 2.75) is 0 Å². The quantitative estimate of drug-likeness (QED) is 0.467. The lowest BCUT2D eigenvalue weighted by molar-refractivity contribution is 0.629. The molecular formula is C19H14FN5S. The average molecular weight is 363 g/mol. The van der Waals surface area contributed by atoms with Crippen LogP contribution in [0, 0.1) is 5.82 Å². The predicted octanol–water partition coefficient (Wildman–Crippen LogP) is 4.39. The summed E-state index contributed by atoms with van der Waals surface area (Å²) in [6.07, 6.45) is 5.77. The largest absolute Gasteiger partial charge is 0.350 e. The van der Waals surface area contributed by atoms with Crippen molar-refractivity contribution in [3.63, 3.8) is 0 Å². The fraction of sp³-hybridized carbons (Fsp3) is 0.105. The average Bonchev–Trinajstić information content (AvgIpc) is 3.32. The van der Waals surface area contributed by atoms with Gasteiger partial charge in [0.2, 0.25) is 0 Å². The van der Waals surface area contributed by atoms with Gasteiger partial charge in [0, 0.05) is 60.1 Å². The topological polar surface area (TPSA) is 48.5 Å². The number of aromatic nitrogens is 5. The van der Waals surface area contributed by atoms with Gasteiger partial charge in [-0.05, 0) is 30.3 Å². The molecule has 1 aromatic carbocycles. The molecule has 5 aromatic rings. The number of hydrogen-bond donors (Lipinski definition) is 0. The van der Waals surface area contributed by atoms with Gasteiger partial charge in [0.1, 0.15) is 21.5 Å². The molecule has 0 aliphatic heterocycles. The SMILES string of the molecule is Cn1cc(-c2nnc(-c3cn(C)c4ncccc34)s2)c2cc(F)ccc21. The van der Waals surface area contributed by atoms with Crippen LogP contribution in [0.3, 0.4) is 0 Å². The minimum absolute atomic E-state index is 0.255. The lowest BCUT2D eigenvalue weighted by Crippen LogP contribution is -1.85. The van der Waals surface area contributed by atoms with E-state index in [9.17, 15) is 4.39 Å². The summed E-state index contributed by atoms with van der Waals surface area (Å²) < 4.78 is 17.7. The first-order valence-electron chi connectivity index (χ1n) is 8.11. The van der Waals surface area contributed by atoms with Gasteiger partial charge in [0.05, 0.1) is 0 Å². The van der Waals surface area contributed by atoms with Crippen LogP contribution in [-0.2, 0) is 14.1 Å². The number of hydrogen-bond acceptors (Lipinski definition) is 4. The summed E-state index contributed by atoms with van der Waals surface area (Å²) in [7, 11) is 3.91. The molecular weight excluding hydrogens is 349 g/mol. The molecule has 0 fully saturated rings. The van der Waals surface area contributed by atoms with Crippen LogP contribution >= 0.6 is 11.3 Å². The van der Waals surface area contributed by atoms with E-state index in [0.717, 1.165) is 43.1 Å². The zero-order valence-electron chi connectivity index (χ0n) is 14.1. The highest BCUT2D eigenvalue weighted by molar-refractivity contribution is 7.18. The first-order valence-corrected chi connectivity index (χ1v) is 8.92. The highest BCUT2D eigenvalue weighted by Crippen LogP contribution is 2.37. The van der Waals surface area contributed by atoms with Gasteiger partial charge < -0.3 is 9.13 Å². The Kier molecular flexibility index (Phi) is 3.20. The molecule has 0 radical (unpaired) electrons. The normalized spacial score (nSPS) is 11.7. The monoisotopic (exact) mass is 363 g/mol. The second kappa shape index (κ2) is 5.47. The first kappa shape index (κ1) is 15.2. The molecule has 5 nitrogen and oxygen atoms in total. The van der Waals surface area contributed by atoms with Crippen LogP contribution in [0.5, 0.6) is 0 Å². The lowest BCUT2D eigenvalue weighted by atomic mass is 10.2. The zero-order chi connectivity index (χ0) is 17.8. The van der Waals surface area contributed by atoms with E-state index in [4.69, 9.17) is 0 Å². The second-order valence-corrected chi connectivity index (χ2v) is 7.23. The van der Waals surface area contributed by atoms with Crippen LogP contribution in [0.25, 0.3) is 43.1 Å². The Morgan fingerprint density at radius 3 is 2.46 bits per heavy atom. The molecule has 4 heterocycles. The summed E-state index contributed by atoms with van der Waals surface area (Å²) in [5, 5.41) is 12.3. The van der Waals surface area contributed by atoms with E-state index >= 15 is 0 Å². The Morgan fingerprint density at radius 2 is 1.65 bits per heavy atom. The van der Waals surface area contributed by atoms with Gasteiger partial charge in [-0.3, -0.25) is 0 Å². The van der Waals surface area contributed by atoms with E-state index in [2.05, 4.69) is 15.2 Å². The van der Waals surface area contributed by atoms with E-state index in [1.165, 1.54) is 17.4 Å². The van der Waals surface area contributed by atoms with E-state index in [1.54, 1.807) is 18.3 Å². The number of pyridine rings is 1. The molecule has 26 heavy (non-hydrogen) atoms. The van der Waals surface area contributed by atoms with E-state index < -0.39 is 0 Å². The molecule has 0 saturated carbocycles. The number of nitrogens with zero attached hydrogens (tertiary/aromatic N) is 5. The Morgan fingerprint density at radius 1 is 0.923 bits per heavy atom. The maximum absolute atomic E-state index is 13.7. The van der Waals surface area contributed by atoms with E-state index in [1.807, 2.05) is 47.8 Å². The van der Waals surface area contributed by atoms with Crippen LogP contribution in [0.1, 0.15) is 0 Å². The summed E-state index contributed by atoms with van der Waals surface area (Å²) >= 11 is 1.50. The third-order valence-electron chi connectivity index (χ3n) is 4.57. The molecule has 0 N–H and O–H groups in total. The number of halogens is 1. The highest BCUT2D eigenvalue weighted by Gasteiger charge is 2.17. The van der Waals surface area contributed by atoms with E-state index in [-0.39, 0.29) is 5.82 Å². The molecule has 0 spiro atoms. The number of benzene rings is 1. The number of rotatable bonds is 2. The van der Waals surface area contributed by atoms with Crippen LogP contribution < -0.4 is 0 Å². The minimum atomic E-state index is -0.255. The third kappa shape index (κ3) is 2.17. The molecule has 0 aliphatic rings. The van der Waals surface area contributed by atoms with Gasteiger partial charge >= 0.3 is 0 Å². The molecule has 0 aliphatic carbocycles. The van der Waals surface area contributed by atoms with Crippen LogP contribution in [0.15, 0.2) is 48.9 Å². The van der Waals surface area contributed by atoms with Crippen molar-refractivity contribution in [1.29, 1.82) is 0 Å². The maximum Gasteiger partial charge on any atom is 0.150 e. The maximum atomic E-state index is 13.7. The fourth-order valence-electron chi connectivity index (χ4n) is 3.36. The van der Waals surface area contributed by atoms with Gasteiger partial charge in [0.15, 0.2) is 0 Å². The van der Waals surface area contributed by atoms with Crippen molar-refractivity contribution < 1.29 is 4.39 Å². The summed E-state index contributed by atoms with van der Waals surface area (Å²) in [4.78, 5) is 4.42. The van der Waals surface area contributed by atoms with Crippen molar-refractivity contribution >= 4 is 33.3 Å². The number of fused-ring (bicyclic) bond motifs is 2. The van der Waals surface area contributed by atoms with Gasteiger partial charge in [0.25, 0.3) is 0 Å². The molecule has 4 aromatic heterocycles. The van der Waals surface area contributed by atoms with Gasteiger partial charge in [-0.1, -0.05) is 11.3 Å². The molecule has 0 atom stereocenters. The van der Waals surface area contributed by atoms with Crippen molar-refractivity contribution in [3.8, 4) is 21.1 Å². The van der Waals surface area contributed by atoms with Crippen molar-refractivity contribution in [1.82, 2.24) is 24.3 Å². The summed E-state index contributed by atoms with van der Waals surface area (Å²) in [6.45, 7) is 0. The van der Waals surface area contributed by atoms with Crippen molar-refractivity contribution in [2.24, 2.45) is 14.1 Å². The first-order chi connectivity index (χ1) is 12.6. The molecule has 0 unspecified atom stereocenters. The third-order valence-corrected chi connectivity index (χ3v) is 5.56. The minimum Gasteiger partial charge on any atom is -0.350 e. The van der Waals surface area contributed by atoms with Crippen LogP contribution in [-0.4, -0.2) is 24.3 Å². The van der Waals surface area contributed by atoms with Gasteiger partial charge in [-0.25, -0.2) is 9.37 Å². The smallest absolute Gasteiger partial charge is 0.150 e. The molecule has 128 valence electrons. The molecule has 0 bridgehead atoms. The van der Waals surface area contributed by atoms with Crippen LogP contribution in [0.4, 0.5) is 4.39 Å². The fourth-order valence-corrected chi connectivity index (χ4v) is 4.25. The molecule has 0 saturated heterocycles. The van der Waals surface area contributed by atoms with Crippen molar-refractivity contribution in [3.05, 3.63) is 54.7 Å². The Hall–Kier alpha value is -3.06. The molecule has 7 heteroatoms. The van der Waals surface area contributed by atoms with Crippen molar-refractivity contribution in [2.75, 3.05) is 0 Å². The summed E-state index contributed by atoms with van der Waals surface area (Å²) in [5.41, 5.74) is 3.77. The Labute approximate surface area is 152 Å². The Bertz CT molecular complexity index is 1280. The van der Waals surface area contributed by atoms with Crippen LogP contribution in [0.2, 0.25) is 0 Å². The molecule has 5 rings (SSSR count). The van der Waals surface area contributed by atoms with Gasteiger partial charge in [-0.15, -0.1) is 10.2 Å². The summed E-state index contributed by atoms with van der Waals surface area (Å²) in [6, 6.07) is 8.76. The summed E-state index contributed by atoms with van der Waals surface area (Å²) in [5.74, 6) is -0.255. The Balaban J connectivity index is 1.68. The van der Waals surface area contributed by atoms with Gasteiger partial charge in [-0.2, -0.15) is 0 Å². The number of aryl methyl sites for hydroxylation is 2. The lowest BCUT2D eigenvalue weighted by Gasteiger charge is -1.95. The standard InChI is InChI=1S/C19H14FN5S/c1-24-9-15(13-8-11(20)5-6-16(13)24)19-23-22-18(26-19)14-10-25(2)17-12(14)4-3-7-21-17/h3-10H,1-2H3. The van der Waals surface area contributed by atoms with E-state index in [0.29, 0.717) is 0 Å².